The Morgan fingerprint density at radius 3 is 2.65 bits per heavy atom. The summed E-state index contributed by atoms with van der Waals surface area (Å²) in [5.74, 6) is -2.32. The molecule has 0 spiro atoms. The van der Waals surface area contributed by atoms with E-state index in [1.807, 2.05) is 19.1 Å². The van der Waals surface area contributed by atoms with Crippen molar-refractivity contribution in [2.24, 2.45) is 5.73 Å². The van der Waals surface area contributed by atoms with Gasteiger partial charge in [0.05, 0.1) is 0 Å². The van der Waals surface area contributed by atoms with Gasteiger partial charge in [0.1, 0.15) is 6.04 Å². The summed E-state index contributed by atoms with van der Waals surface area (Å²) in [6.45, 7) is 1.95. The number of rotatable bonds is 7. The molecule has 1 aromatic heterocycles. The summed E-state index contributed by atoms with van der Waals surface area (Å²) in [4.78, 5) is 35.2. The first-order chi connectivity index (χ1) is 9.38. The summed E-state index contributed by atoms with van der Waals surface area (Å²) in [6.07, 6.45) is 2.76. The van der Waals surface area contributed by atoms with Crippen LogP contribution in [0.15, 0.2) is 18.2 Å². The molecular formula is C13H16N2O4S. The molecule has 2 amide bonds. The minimum absolute atomic E-state index is 0.0254. The van der Waals surface area contributed by atoms with Crippen LogP contribution in [0.4, 0.5) is 0 Å². The van der Waals surface area contributed by atoms with Crippen molar-refractivity contribution in [3.05, 3.63) is 28.0 Å². The van der Waals surface area contributed by atoms with Crippen molar-refractivity contribution >= 4 is 35.2 Å². The summed E-state index contributed by atoms with van der Waals surface area (Å²) in [5.41, 5.74) is 4.95. The van der Waals surface area contributed by atoms with Crippen LogP contribution in [0.25, 0.3) is 6.08 Å². The van der Waals surface area contributed by atoms with E-state index in [9.17, 15) is 14.4 Å². The maximum absolute atomic E-state index is 11.6. The molecule has 1 aromatic rings. The Kier molecular flexibility index (Phi) is 5.92. The van der Waals surface area contributed by atoms with E-state index in [1.165, 1.54) is 17.4 Å². The lowest BCUT2D eigenvalue weighted by molar-refractivity contribution is -0.141. The van der Waals surface area contributed by atoms with Crippen LogP contribution in [0.5, 0.6) is 0 Å². The van der Waals surface area contributed by atoms with Gasteiger partial charge >= 0.3 is 5.97 Å². The number of nitrogens with two attached hydrogens (primary N) is 1. The Labute approximate surface area is 120 Å². The quantitative estimate of drug-likeness (QED) is 0.649. The van der Waals surface area contributed by atoms with Crippen molar-refractivity contribution in [1.82, 2.24) is 5.32 Å². The molecule has 0 saturated heterocycles. The molecule has 1 unspecified atom stereocenters. The summed E-state index contributed by atoms with van der Waals surface area (Å²) >= 11 is 1.52. The summed E-state index contributed by atoms with van der Waals surface area (Å²) in [5, 5.41) is 11.3. The Bertz CT molecular complexity index is 536. The minimum Gasteiger partial charge on any atom is -0.480 e. The number of amides is 2. The molecule has 0 saturated carbocycles. The lowest BCUT2D eigenvalue weighted by Gasteiger charge is -2.11. The van der Waals surface area contributed by atoms with E-state index in [1.54, 1.807) is 6.08 Å². The molecule has 0 radical (unpaired) electrons. The topological polar surface area (TPSA) is 109 Å². The molecule has 4 N–H and O–H groups in total. The van der Waals surface area contributed by atoms with Gasteiger partial charge in [-0.3, -0.25) is 9.59 Å². The van der Waals surface area contributed by atoms with Gasteiger partial charge in [-0.2, -0.15) is 0 Å². The first-order valence-electron chi connectivity index (χ1n) is 5.94. The fourth-order valence-electron chi connectivity index (χ4n) is 1.46. The molecule has 108 valence electrons. The minimum atomic E-state index is -1.19. The number of carbonyl (C=O) groups is 3. The van der Waals surface area contributed by atoms with Gasteiger partial charge in [-0.25, -0.2) is 4.79 Å². The van der Waals surface area contributed by atoms with Gasteiger partial charge in [0.15, 0.2) is 0 Å². The highest BCUT2D eigenvalue weighted by atomic mass is 32.1. The molecule has 6 nitrogen and oxygen atoms in total. The van der Waals surface area contributed by atoms with Crippen LogP contribution in [-0.4, -0.2) is 28.9 Å². The zero-order valence-corrected chi connectivity index (χ0v) is 11.8. The number of hydrogen-bond acceptors (Lipinski definition) is 4. The summed E-state index contributed by atoms with van der Waals surface area (Å²) in [6, 6.07) is 2.67. The number of carboxylic acids is 1. The molecule has 0 aliphatic heterocycles. The normalized spacial score (nSPS) is 12.2. The van der Waals surface area contributed by atoms with Crippen LogP contribution in [0.3, 0.4) is 0 Å². The molecule has 0 bridgehead atoms. The van der Waals surface area contributed by atoms with E-state index in [2.05, 4.69) is 5.32 Å². The standard InChI is InChI=1S/C13H16N2O4S/c1-8-2-3-9(20-8)4-7-12(17)15-10(13(18)19)5-6-11(14)16/h2-4,7,10H,5-6H2,1H3,(H2,14,16)(H,15,17)(H,18,19)/b7-4+. The number of primary amides is 1. The molecular weight excluding hydrogens is 280 g/mol. The number of aliphatic carboxylic acids is 1. The second-order valence-electron chi connectivity index (χ2n) is 4.19. The number of carboxylic acid groups (broad SMARTS) is 1. The third-order valence-corrected chi connectivity index (χ3v) is 3.42. The zero-order chi connectivity index (χ0) is 15.1. The van der Waals surface area contributed by atoms with Crippen LogP contribution >= 0.6 is 11.3 Å². The monoisotopic (exact) mass is 296 g/mol. The van der Waals surface area contributed by atoms with Gasteiger partial charge in [-0.05, 0) is 31.6 Å². The highest BCUT2D eigenvalue weighted by Gasteiger charge is 2.19. The number of aryl methyl sites for hydroxylation is 1. The average molecular weight is 296 g/mol. The Morgan fingerprint density at radius 1 is 1.45 bits per heavy atom. The van der Waals surface area contributed by atoms with Crippen LogP contribution in [-0.2, 0) is 14.4 Å². The molecule has 0 aromatic carbocycles. The van der Waals surface area contributed by atoms with Crippen molar-refractivity contribution in [1.29, 1.82) is 0 Å². The molecule has 20 heavy (non-hydrogen) atoms. The maximum Gasteiger partial charge on any atom is 0.326 e. The third-order valence-electron chi connectivity index (χ3n) is 2.45. The lowest BCUT2D eigenvalue weighted by atomic mass is 10.1. The zero-order valence-electron chi connectivity index (χ0n) is 11.0. The van der Waals surface area contributed by atoms with E-state index in [4.69, 9.17) is 10.8 Å². The molecule has 0 fully saturated rings. The van der Waals surface area contributed by atoms with Crippen molar-refractivity contribution in [3.8, 4) is 0 Å². The van der Waals surface area contributed by atoms with Crippen molar-refractivity contribution < 1.29 is 19.5 Å². The molecule has 0 aliphatic rings. The highest BCUT2D eigenvalue weighted by Crippen LogP contribution is 2.16. The second-order valence-corrected chi connectivity index (χ2v) is 5.51. The van der Waals surface area contributed by atoms with Crippen molar-refractivity contribution in [2.75, 3.05) is 0 Å². The van der Waals surface area contributed by atoms with Gasteiger partial charge in [0.25, 0.3) is 0 Å². The van der Waals surface area contributed by atoms with Gasteiger partial charge < -0.3 is 16.2 Å². The first kappa shape index (κ1) is 15.9. The van der Waals surface area contributed by atoms with Crippen molar-refractivity contribution in [2.45, 2.75) is 25.8 Å². The predicted octanol–water partition coefficient (Wildman–Crippen LogP) is 0.905. The molecule has 7 heteroatoms. The smallest absolute Gasteiger partial charge is 0.326 e. The van der Waals surface area contributed by atoms with Crippen LogP contribution in [0, 0.1) is 6.92 Å². The summed E-state index contributed by atoms with van der Waals surface area (Å²) in [7, 11) is 0. The predicted molar refractivity (Wildman–Crippen MR) is 76.1 cm³/mol. The highest BCUT2D eigenvalue weighted by molar-refractivity contribution is 7.12. The molecule has 1 rings (SSSR count). The van der Waals surface area contributed by atoms with Crippen LogP contribution in [0.2, 0.25) is 0 Å². The van der Waals surface area contributed by atoms with Crippen LogP contribution < -0.4 is 11.1 Å². The summed E-state index contributed by atoms with van der Waals surface area (Å²) < 4.78 is 0. The SMILES string of the molecule is Cc1ccc(/C=C/C(=O)NC(CCC(N)=O)C(=O)O)s1. The lowest BCUT2D eigenvalue weighted by Crippen LogP contribution is -2.40. The number of carbonyl (C=O) groups excluding carboxylic acids is 2. The first-order valence-corrected chi connectivity index (χ1v) is 6.76. The van der Waals surface area contributed by atoms with Gasteiger partial charge in [-0.15, -0.1) is 11.3 Å². The molecule has 0 aliphatic carbocycles. The fraction of sp³-hybridized carbons (Fsp3) is 0.308. The van der Waals surface area contributed by atoms with Crippen molar-refractivity contribution in [3.63, 3.8) is 0 Å². The maximum atomic E-state index is 11.6. The van der Waals surface area contributed by atoms with Gasteiger partial charge in [0, 0.05) is 22.3 Å². The Morgan fingerprint density at radius 2 is 2.15 bits per heavy atom. The molecule has 1 atom stereocenters. The van der Waals surface area contributed by atoms with Gasteiger partial charge in [-0.1, -0.05) is 0 Å². The van der Waals surface area contributed by atoms with Crippen LogP contribution in [0.1, 0.15) is 22.6 Å². The van der Waals surface area contributed by atoms with Gasteiger partial charge in [0.2, 0.25) is 11.8 Å². The third kappa shape index (κ3) is 5.66. The van der Waals surface area contributed by atoms with E-state index in [-0.39, 0.29) is 12.8 Å². The van der Waals surface area contributed by atoms with E-state index in [0.717, 1.165) is 9.75 Å². The number of hydrogen-bond donors (Lipinski definition) is 3. The number of thiophene rings is 1. The molecule has 1 heterocycles. The fourth-order valence-corrected chi connectivity index (χ4v) is 2.24. The Hall–Kier alpha value is -2.15. The van der Waals surface area contributed by atoms with E-state index < -0.39 is 23.8 Å². The number of nitrogens with one attached hydrogen (secondary N) is 1. The average Bonchev–Trinajstić information content (AvgIpc) is 2.77. The Balaban J connectivity index is 2.55. The second kappa shape index (κ2) is 7.44. The van der Waals surface area contributed by atoms with E-state index >= 15 is 0 Å². The van der Waals surface area contributed by atoms with E-state index in [0.29, 0.717) is 0 Å². The largest absolute Gasteiger partial charge is 0.480 e.